The molecule has 2 aromatic carbocycles. The molecule has 2 N–H and O–H groups in total. The number of para-hydroxylation sites is 1. The lowest BCUT2D eigenvalue weighted by atomic mass is 9.95. The Labute approximate surface area is 171 Å². The average molecular weight is 393 g/mol. The molecule has 0 atom stereocenters. The van der Waals surface area contributed by atoms with Crippen molar-refractivity contribution in [3.05, 3.63) is 54.1 Å². The first-order valence-corrected chi connectivity index (χ1v) is 9.76. The van der Waals surface area contributed by atoms with Crippen LogP contribution in [0.3, 0.4) is 0 Å². The lowest BCUT2D eigenvalue weighted by Crippen LogP contribution is -2.30. The second kappa shape index (κ2) is 8.07. The van der Waals surface area contributed by atoms with E-state index in [1.165, 1.54) is 0 Å². The molecular formula is C23H27N3O3. The van der Waals surface area contributed by atoms with Gasteiger partial charge in [-0.25, -0.2) is 0 Å². The summed E-state index contributed by atoms with van der Waals surface area (Å²) in [5.41, 5.74) is 1.66. The Morgan fingerprint density at radius 1 is 0.931 bits per heavy atom. The highest BCUT2D eigenvalue weighted by Gasteiger charge is 2.33. The summed E-state index contributed by atoms with van der Waals surface area (Å²) in [4.78, 5) is 39.1. The molecule has 1 aliphatic carbocycles. The maximum atomic E-state index is 12.9. The molecule has 0 spiro atoms. The molecule has 0 aromatic heterocycles. The minimum atomic E-state index is -0.517. The van der Waals surface area contributed by atoms with E-state index >= 15 is 0 Å². The molecule has 1 saturated carbocycles. The van der Waals surface area contributed by atoms with Crippen LogP contribution in [0.15, 0.2) is 48.5 Å². The summed E-state index contributed by atoms with van der Waals surface area (Å²) >= 11 is 0. The molecule has 3 amide bonds. The molecule has 0 heterocycles. The first-order valence-electron chi connectivity index (χ1n) is 9.76. The zero-order valence-electron chi connectivity index (χ0n) is 17.3. The summed E-state index contributed by atoms with van der Waals surface area (Å²) in [5, 5.41) is 5.72. The van der Waals surface area contributed by atoms with Crippen molar-refractivity contribution < 1.29 is 14.4 Å². The highest BCUT2D eigenvalue weighted by atomic mass is 16.2. The summed E-state index contributed by atoms with van der Waals surface area (Å²) in [6.07, 6.45) is 1.81. The van der Waals surface area contributed by atoms with Crippen LogP contribution in [0.1, 0.15) is 44.0 Å². The zero-order valence-corrected chi connectivity index (χ0v) is 17.3. The fraction of sp³-hybridized carbons (Fsp3) is 0.348. The van der Waals surface area contributed by atoms with Gasteiger partial charge in [0.05, 0.1) is 11.3 Å². The Kier molecular flexibility index (Phi) is 5.73. The minimum absolute atomic E-state index is 0.0390. The van der Waals surface area contributed by atoms with E-state index in [-0.39, 0.29) is 23.6 Å². The molecule has 0 aliphatic heterocycles. The van der Waals surface area contributed by atoms with E-state index in [9.17, 15) is 14.4 Å². The van der Waals surface area contributed by atoms with E-state index in [0.29, 0.717) is 22.6 Å². The second-order valence-electron chi connectivity index (χ2n) is 8.43. The SMILES string of the molecule is CN(C(=O)C1CC1)c1ccccc1C(=O)Nc1cccc(NC(=O)C(C)(C)C)c1. The number of rotatable bonds is 5. The summed E-state index contributed by atoms with van der Waals surface area (Å²) in [7, 11) is 1.70. The fourth-order valence-corrected chi connectivity index (χ4v) is 2.87. The van der Waals surface area contributed by atoms with Gasteiger partial charge in [0.15, 0.2) is 0 Å². The average Bonchev–Trinajstić information content (AvgIpc) is 3.51. The summed E-state index contributed by atoms with van der Waals surface area (Å²) in [6, 6.07) is 14.1. The van der Waals surface area contributed by atoms with Gasteiger partial charge >= 0.3 is 0 Å². The van der Waals surface area contributed by atoms with Gasteiger partial charge in [0.2, 0.25) is 11.8 Å². The number of benzene rings is 2. The monoisotopic (exact) mass is 393 g/mol. The highest BCUT2D eigenvalue weighted by molar-refractivity contribution is 6.11. The largest absolute Gasteiger partial charge is 0.326 e. The third kappa shape index (κ3) is 5.02. The van der Waals surface area contributed by atoms with Crippen molar-refractivity contribution in [2.24, 2.45) is 11.3 Å². The maximum Gasteiger partial charge on any atom is 0.257 e. The molecule has 0 unspecified atom stereocenters. The van der Waals surface area contributed by atoms with Crippen LogP contribution in [0.4, 0.5) is 17.1 Å². The fourth-order valence-electron chi connectivity index (χ4n) is 2.87. The van der Waals surface area contributed by atoms with Crippen LogP contribution in [0.5, 0.6) is 0 Å². The van der Waals surface area contributed by atoms with Gasteiger partial charge in [-0.15, -0.1) is 0 Å². The third-order valence-corrected chi connectivity index (χ3v) is 4.83. The van der Waals surface area contributed by atoms with Crippen molar-refractivity contribution >= 4 is 34.8 Å². The number of carbonyl (C=O) groups excluding carboxylic acids is 3. The lowest BCUT2D eigenvalue weighted by Gasteiger charge is -2.20. The molecule has 6 nitrogen and oxygen atoms in total. The van der Waals surface area contributed by atoms with Crippen molar-refractivity contribution in [2.75, 3.05) is 22.6 Å². The van der Waals surface area contributed by atoms with Crippen LogP contribution in [-0.2, 0) is 9.59 Å². The van der Waals surface area contributed by atoms with E-state index in [1.54, 1.807) is 54.4 Å². The molecule has 1 fully saturated rings. The van der Waals surface area contributed by atoms with Gasteiger partial charge in [-0.3, -0.25) is 14.4 Å². The molecule has 29 heavy (non-hydrogen) atoms. The van der Waals surface area contributed by atoms with Gasteiger partial charge in [-0.05, 0) is 43.2 Å². The van der Waals surface area contributed by atoms with Crippen molar-refractivity contribution in [3.63, 3.8) is 0 Å². The van der Waals surface area contributed by atoms with E-state index < -0.39 is 5.41 Å². The molecule has 0 radical (unpaired) electrons. The number of anilines is 3. The number of nitrogens with one attached hydrogen (secondary N) is 2. The van der Waals surface area contributed by atoms with Crippen LogP contribution in [-0.4, -0.2) is 24.8 Å². The third-order valence-electron chi connectivity index (χ3n) is 4.83. The Bertz CT molecular complexity index is 942. The molecule has 0 saturated heterocycles. The second-order valence-corrected chi connectivity index (χ2v) is 8.43. The van der Waals surface area contributed by atoms with Crippen molar-refractivity contribution in [2.45, 2.75) is 33.6 Å². The summed E-state index contributed by atoms with van der Waals surface area (Å²) in [6.45, 7) is 5.51. The number of amides is 3. The van der Waals surface area contributed by atoms with E-state index in [2.05, 4.69) is 10.6 Å². The number of hydrogen-bond donors (Lipinski definition) is 2. The Morgan fingerprint density at radius 3 is 2.17 bits per heavy atom. The topological polar surface area (TPSA) is 78.5 Å². The Balaban J connectivity index is 1.77. The Morgan fingerprint density at radius 2 is 1.55 bits per heavy atom. The number of carbonyl (C=O) groups is 3. The first kappa shape index (κ1) is 20.6. The predicted octanol–water partition coefficient (Wildman–Crippen LogP) is 4.30. The van der Waals surface area contributed by atoms with Crippen LogP contribution in [0.2, 0.25) is 0 Å². The molecule has 0 bridgehead atoms. The quantitative estimate of drug-likeness (QED) is 0.795. The van der Waals surface area contributed by atoms with Crippen LogP contribution < -0.4 is 15.5 Å². The van der Waals surface area contributed by atoms with Crippen molar-refractivity contribution in [1.82, 2.24) is 0 Å². The smallest absolute Gasteiger partial charge is 0.257 e. The van der Waals surface area contributed by atoms with Crippen molar-refractivity contribution in [1.29, 1.82) is 0 Å². The molecule has 1 aliphatic rings. The van der Waals surface area contributed by atoms with E-state index in [1.807, 2.05) is 26.8 Å². The Hall–Kier alpha value is -3.15. The van der Waals surface area contributed by atoms with Crippen LogP contribution in [0, 0.1) is 11.3 Å². The summed E-state index contributed by atoms with van der Waals surface area (Å²) < 4.78 is 0. The highest BCUT2D eigenvalue weighted by Crippen LogP contribution is 2.33. The minimum Gasteiger partial charge on any atom is -0.326 e. The zero-order chi connectivity index (χ0) is 21.2. The van der Waals surface area contributed by atoms with Gasteiger partial charge in [0, 0.05) is 29.8 Å². The molecule has 152 valence electrons. The molecule has 2 aromatic rings. The van der Waals surface area contributed by atoms with Gasteiger partial charge in [0.1, 0.15) is 0 Å². The van der Waals surface area contributed by atoms with Gasteiger partial charge in [0.25, 0.3) is 5.91 Å². The lowest BCUT2D eigenvalue weighted by molar-refractivity contribution is -0.123. The van der Waals surface area contributed by atoms with Gasteiger partial charge in [-0.1, -0.05) is 39.0 Å². The summed E-state index contributed by atoms with van der Waals surface area (Å²) in [5.74, 6) is -0.307. The van der Waals surface area contributed by atoms with E-state index in [0.717, 1.165) is 12.8 Å². The maximum absolute atomic E-state index is 12.9. The van der Waals surface area contributed by atoms with Crippen LogP contribution >= 0.6 is 0 Å². The normalized spacial score (nSPS) is 13.5. The van der Waals surface area contributed by atoms with E-state index in [4.69, 9.17) is 0 Å². The standard InChI is InChI=1S/C23H27N3O3/c1-23(2,3)22(29)25-17-9-7-8-16(14-17)24-20(27)18-10-5-6-11-19(18)26(4)21(28)15-12-13-15/h5-11,14-15H,12-13H2,1-4H3,(H,24,27)(H,25,29). The first-order chi connectivity index (χ1) is 13.7. The molecule has 6 heteroatoms. The van der Waals surface area contributed by atoms with Crippen molar-refractivity contribution in [3.8, 4) is 0 Å². The van der Waals surface area contributed by atoms with Gasteiger partial charge in [-0.2, -0.15) is 0 Å². The number of hydrogen-bond acceptors (Lipinski definition) is 3. The van der Waals surface area contributed by atoms with Gasteiger partial charge < -0.3 is 15.5 Å². The molecule has 3 rings (SSSR count). The number of nitrogens with zero attached hydrogens (tertiary/aromatic N) is 1. The predicted molar refractivity (Wildman–Crippen MR) is 115 cm³/mol. The molecular weight excluding hydrogens is 366 g/mol. The van der Waals surface area contributed by atoms with Crippen LogP contribution in [0.25, 0.3) is 0 Å².